The predicted molar refractivity (Wildman–Crippen MR) is 103 cm³/mol. The number of ether oxygens (including phenoxy) is 1. The quantitative estimate of drug-likeness (QED) is 0.637. The number of aliphatic imine (C=N–C) groups is 1. The lowest BCUT2D eigenvalue weighted by atomic mass is 9.97. The maximum Gasteiger partial charge on any atom is 0.253 e. The Morgan fingerprint density at radius 1 is 1.22 bits per heavy atom. The van der Waals surface area contributed by atoms with Crippen LogP contribution >= 0.6 is 0 Å². The second-order valence-corrected chi connectivity index (χ2v) is 5.87. The summed E-state index contributed by atoms with van der Waals surface area (Å²) >= 11 is 0. The molecular formula is C20H19N3O4. The molecule has 1 aromatic carbocycles. The zero-order valence-electron chi connectivity index (χ0n) is 14.9. The number of carbonyl (C=O) groups is 3. The highest BCUT2D eigenvalue weighted by Gasteiger charge is 2.27. The van der Waals surface area contributed by atoms with Gasteiger partial charge in [0.15, 0.2) is 0 Å². The smallest absolute Gasteiger partial charge is 0.253 e. The van der Waals surface area contributed by atoms with E-state index in [0.29, 0.717) is 18.8 Å². The molecule has 0 aromatic heterocycles. The summed E-state index contributed by atoms with van der Waals surface area (Å²) in [7, 11) is 0. The summed E-state index contributed by atoms with van der Waals surface area (Å²) in [6, 6.07) is 7.04. The van der Waals surface area contributed by atoms with Crippen molar-refractivity contribution in [3.63, 3.8) is 0 Å². The fourth-order valence-corrected chi connectivity index (χ4v) is 2.87. The van der Waals surface area contributed by atoms with E-state index in [2.05, 4.69) is 16.9 Å². The molecule has 1 aliphatic carbocycles. The van der Waals surface area contributed by atoms with Gasteiger partial charge in [0.2, 0.25) is 11.6 Å². The van der Waals surface area contributed by atoms with Crippen molar-refractivity contribution in [1.29, 1.82) is 0 Å². The third-order valence-electron chi connectivity index (χ3n) is 4.16. The first kappa shape index (κ1) is 18.5. The first-order valence-corrected chi connectivity index (χ1v) is 8.46. The van der Waals surface area contributed by atoms with Gasteiger partial charge in [-0.15, -0.1) is 0 Å². The molecule has 3 rings (SSSR count). The molecule has 0 saturated carbocycles. The lowest BCUT2D eigenvalue weighted by Gasteiger charge is -2.27. The molecule has 1 saturated heterocycles. The summed E-state index contributed by atoms with van der Waals surface area (Å²) < 4.78 is 5.12. The number of hydrogen-bond donors (Lipinski definition) is 1. The van der Waals surface area contributed by atoms with Crippen molar-refractivity contribution in [2.75, 3.05) is 30.0 Å². The number of benzene rings is 1. The second kappa shape index (κ2) is 7.92. The van der Waals surface area contributed by atoms with Gasteiger partial charge in [0.05, 0.1) is 17.9 Å². The van der Waals surface area contributed by atoms with Crippen LogP contribution < -0.4 is 10.2 Å². The average Bonchev–Trinajstić information content (AvgIpc) is 2.67. The standard InChI is InChI=1S/C20H19N3O4/c1-3-15-19(21-4-2)17(24)11-16(20(15)26)22-13-5-7-14(8-6-13)23-9-10-27-12-18(23)25/h3-8,11,22H,1,9-10,12H2,2H3. The molecule has 0 bridgehead atoms. The lowest BCUT2D eigenvalue weighted by molar-refractivity contribution is -0.125. The van der Waals surface area contributed by atoms with Crippen LogP contribution in [0.5, 0.6) is 0 Å². The molecule has 27 heavy (non-hydrogen) atoms. The zero-order valence-corrected chi connectivity index (χ0v) is 14.9. The number of rotatable bonds is 5. The molecule has 0 atom stereocenters. The lowest BCUT2D eigenvalue weighted by Crippen LogP contribution is -2.41. The van der Waals surface area contributed by atoms with E-state index in [4.69, 9.17) is 4.74 Å². The molecule has 7 heteroatoms. The van der Waals surface area contributed by atoms with Crippen LogP contribution in [0.25, 0.3) is 0 Å². The van der Waals surface area contributed by atoms with Crippen LogP contribution in [-0.4, -0.2) is 43.4 Å². The molecule has 0 spiro atoms. The van der Waals surface area contributed by atoms with Crippen LogP contribution in [-0.2, 0) is 19.1 Å². The molecule has 1 heterocycles. The van der Waals surface area contributed by atoms with Gasteiger partial charge in [-0.1, -0.05) is 12.7 Å². The number of nitrogens with zero attached hydrogens (tertiary/aromatic N) is 2. The van der Waals surface area contributed by atoms with E-state index < -0.39 is 0 Å². The van der Waals surface area contributed by atoms with Gasteiger partial charge in [-0.05, 0) is 31.2 Å². The molecule has 1 fully saturated rings. The minimum absolute atomic E-state index is 0.0722. The van der Waals surface area contributed by atoms with Crippen LogP contribution in [0.4, 0.5) is 11.4 Å². The number of morpholine rings is 1. The molecule has 1 aliphatic heterocycles. The summed E-state index contributed by atoms with van der Waals surface area (Å²) in [6.45, 7) is 6.34. The summed E-state index contributed by atoms with van der Waals surface area (Å²) in [6.07, 6.45) is 4.03. The number of ketones is 2. The fourth-order valence-electron chi connectivity index (χ4n) is 2.87. The molecule has 1 N–H and O–H groups in total. The number of nitrogens with one attached hydrogen (secondary N) is 1. The summed E-state index contributed by atoms with van der Waals surface area (Å²) in [5.74, 6) is -0.805. The van der Waals surface area contributed by atoms with E-state index in [1.807, 2.05) is 0 Å². The van der Waals surface area contributed by atoms with Gasteiger partial charge >= 0.3 is 0 Å². The third-order valence-corrected chi connectivity index (χ3v) is 4.16. The minimum atomic E-state index is -0.361. The van der Waals surface area contributed by atoms with Gasteiger partial charge < -0.3 is 15.0 Å². The first-order valence-electron chi connectivity index (χ1n) is 8.46. The highest BCUT2D eigenvalue weighted by molar-refractivity contribution is 6.25. The normalized spacial score (nSPS) is 18.2. The van der Waals surface area contributed by atoms with Crippen LogP contribution in [0.15, 0.2) is 65.0 Å². The molecule has 0 radical (unpaired) electrons. The van der Waals surface area contributed by atoms with Crippen molar-refractivity contribution < 1.29 is 19.1 Å². The molecule has 2 aliphatic rings. The Bertz CT molecular complexity index is 894. The maximum atomic E-state index is 12.6. The number of carbonyl (C=O) groups excluding carboxylic acids is 3. The van der Waals surface area contributed by atoms with Crippen LogP contribution in [0.3, 0.4) is 0 Å². The van der Waals surface area contributed by atoms with Crippen LogP contribution in [0.1, 0.15) is 6.92 Å². The van der Waals surface area contributed by atoms with Gasteiger partial charge in [0, 0.05) is 30.2 Å². The van der Waals surface area contributed by atoms with Gasteiger partial charge in [-0.2, -0.15) is 0 Å². The Morgan fingerprint density at radius 3 is 2.59 bits per heavy atom. The topological polar surface area (TPSA) is 88.1 Å². The van der Waals surface area contributed by atoms with Crippen LogP contribution in [0.2, 0.25) is 0 Å². The largest absolute Gasteiger partial charge is 0.370 e. The van der Waals surface area contributed by atoms with Crippen molar-refractivity contribution in [1.82, 2.24) is 0 Å². The molecule has 0 unspecified atom stereocenters. The predicted octanol–water partition coefficient (Wildman–Crippen LogP) is 2.03. The zero-order chi connectivity index (χ0) is 19.4. The molecule has 1 amide bonds. The van der Waals surface area contributed by atoms with E-state index in [1.165, 1.54) is 18.4 Å². The Hall–Kier alpha value is -3.32. The fraction of sp³-hybridized carbons (Fsp3) is 0.200. The summed E-state index contributed by atoms with van der Waals surface area (Å²) in [4.78, 5) is 42.4. The highest BCUT2D eigenvalue weighted by atomic mass is 16.5. The molecular weight excluding hydrogens is 346 g/mol. The monoisotopic (exact) mass is 365 g/mol. The highest BCUT2D eigenvalue weighted by Crippen LogP contribution is 2.24. The SMILES string of the molecule is C=CC1=C(N=CC)C(=O)C=C(Nc2ccc(N3CCOCC3=O)cc2)C1=O. The van der Waals surface area contributed by atoms with E-state index in [-0.39, 0.29) is 41.0 Å². The number of anilines is 2. The van der Waals surface area contributed by atoms with E-state index in [9.17, 15) is 14.4 Å². The van der Waals surface area contributed by atoms with Gasteiger partial charge in [0.25, 0.3) is 5.91 Å². The van der Waals surface area contributed by atoms with E-state index >= 15 is 0 Å². The molecule has 1 aromatic rings. The Balaban J connectivity index is 1.78. The first-order chi connectivity index (χ1) is 13.0. The number of hydrogen-bond acceptors (Lipinski definition) is 6. The van der Waals surface area contributed by atoms with Gasteiger partial charge in [-0.25, -0.2) is 0 Å². The average molecular weight is 365 g/mol. The number of amides is 1. The minimum Gasteiger partial charge on any atom is -0.370 e. The maximum absolute atomic E-state index is 12.6. The Kier molecular flexibility index (Phi) is 5.42. The number of allylic oxidation sites excluding steroid dienone is 3. The summed E-state index contributed by atoms with van der Waals surface area (Å²) in [5, 5.41) is 2.96. The van der Waals surface area contributed by atoms with E-state index in [1.54, 1.807) is 36.1 Å². The van der Waals surface area contributed by atoms with Crippen molar-refractivity contribution in [2.24, 2.45) is 4.99 Å². The van der Waals surface area contributed by atoms with Crippen LogP contribution in [0, 0.1) is 0 Å². The Labute approximate surface area is 156 Å². The number of Topliss-reactive ketones (excluding diaryl/α,β-unsaturated/α-hetero) is 1. The third kappa shape index (κ3) is 3.78. The van der Waals surface area contributed by atoms with E-state index in [0.717, 1.165) is 5.69 Å². The summed E-state index contributed by atoms with van der Waals surface area (Å²) in [5.41, 5.74) is 1.78. The van der Waals surface area contributed by atoms with Crippen molar-refractivity contribution in [3.05, 3.63) is 60.0 Å². The molecule has 138 valence electrons. The van der Waals surface area contributed by atoms with Gasteiger partial charge in [0.1, 0.15) is 12.3 Å². The van der Waals surface area contributed by atoms with Crippen molar-refractivity contribution in [2.45, 2.75) is 6.92 Å². The molecule has 7 nitrogen and oxygen atoms in total. The second-order valence-electron chi connectivity index (χ2n) is 5.87. The van der Waals surface area contributed by atoms with Crippen molar-refractivity contribution in [3.8, 4) is 0 Å². The van der Waals surface area contributed by atoms with Crippen molar-refractivity contribution >= 4 is 35.1 Å². The van der Waals surface area contributed by atoms with Gasteiger partial charge in [-0.3, -0.25) is 19.4 Å². The Morgan fingerprint density at radius 2 is 1.96 bits per heavy atom.